The highest BCUT2D eigenvalue weighted by Gasteiger charge is 2.23. The van der Waals surface area contributed by atoms with Gasteiger partial charge in [0, 0.05) is 14.2 Å². The van der Waals surface area contributed by atoms with Gasteiger partial charge in [-0.05, 0) is 19.1 Å². The van der Waals surface area contributed by atoms with Gasteiger partial charge in [-0.1, -0.05) is 17.7 Å². The first-order valence-electron chi connectivity index (χ1n) is 4.45. The van der Waals surface area contributed by atoms with Crippen LogP contribution in [0.2, 0.25) is 0 Å². The molecule has 3 nitrogen and oxygen atoms in total. The average Bonchev–Trinajstić information content (AvgIpc) is 2.21. The van der Waals surface area contributed by atoms with E-state index in [1.165, 1.54) is 5.56 Å². The fourth-order valence-corrected chi connectivity index (χ4v) is 1.22. The minimum Gasteiger partial charge on any atom is -0.444 e. The molecule has 0 spiro atoms. The van der Waals surface area contributed by atoms with E-state index in [2.05, 4.69) is 0 Å². The normalized spacial score (nSPS) is 11.6. The molecule has 14 heavy (non-hydrogen) atoms. The van der Waals surface area contributed by atoms with E-state index in [-0.39, 0.29) is 0 Å². The maximum Gasteiger partial charge on any atom is 0.285 e. The summed E-state index contributed by atoms with van der Waals surface area (Å²) in [5.41, 5.74) is 0.320. The second-order valence-corrected chi connectivity index (χ2v) is 4.41. The van der Waals surface area contributed by atoms with Crippen molar-refractivity contribution in [3.63, 3.8) is 0 Å². The van der Waals surface area contributed by atoms with Crippen molar-refractivity contribution in [1.82, 2.24) is 0 Å². The lowest BCUT2D eigenvalue weighted by Crippen LogP contribution is -2.40. The topological polar surface area (TPSA) is 27.7 Å². The molecule has 0 aliphatic rings. The lowest BCUT2D eigenvalue weighted by Gasteiger charge is -2.27. The van der Waals surface area contributed by atoms with Crippen LogP contribution in [-0.4, -0.2) is 30.1 Å². The van der Waals surface area contributed by atoms with Gasteiger partial charge in [0.1, 0.15) is 16.0 Å². The Morgan fingerprint density at radius 2 is 1.57 bits per heavy atom. The maximum atomic E-state index is 5.57. The molecule has 0 aromatic heterocycles. The van der Waals surface area contributed by atoms with Gasteiger partial charge in [0.2, 0.25) is 0 Å². The van der Waals surface area contributed by atoms with Crippen LogP contribution >= 0.6 is 0 Å². The molecule has 0 amide bonds. The molecule has 0 saturated carbocycles. The molecule has 0 unspecified atom stereocenters. The first-order chi connectivity index (χ1) is 6.59. The fourth-order valence-electron chi connectivity index (χ4n) is 0.987. The third-order valence-corrected chi connectivity index (χ3v) is 3.09. The van der Waals surface area contributed by atoms with Crippen LogP contribution in [0.1, 0.15) is 5.56 Å². The summed E-state index contributed by atoms with van der Waals surface area (Å²) < 4.78 is 15.8. The molecular weight excluding hydrogens is 196 g/mol. The lowest BCUT2D eigenvalue weighted by atomic mass is 10.2. The van der Waals surface area contributed by atoms with E-state index in [9.17, 15) is 0 Å². The summed E-state index contributed by atoms with van der Waals surface area (Å²) in [4.78, 5) is 0. The van der Waals surface area contributed by atoms with Crippen molar-refractivity contribution in [2.24, 2.45) is 0 Å². The second kappa shape index (κ2) is 4.59. The zero-order chi connectivity index (χ0) is 10.6. The number of methoxy groups -OCH3 is 2. The smallest absolute Gasteiger partial charge is 0.285 e. The number of hydrogen-bond acceptors (Lipinski definition) is 3. The Bertz CT molecular complexity index is 280. The summed E-state index contributed by atoms with van der Waals surface area (Å²) >= 11 is 0. The van der Waals surface area contributed by atoms with Crippen molar-refractivity contribution in [3.05, 3.63) is 29.8 Å². The van der Waals surface area contributed by atoms with E-state index in [4.69, 9.17) is 14.2 Å². The van der Waals surface area contributed by atoms with Gasteiger partial charge < -0.3 is 14.2 Å². The molecule has 0 heterocycles. The molecule has 4 heteroatoms. The highest BCUT2D eigenvalue weighted by Crippen LogP contribution is 2.18. The standard InChI is InChI=1S/C10H16O3Si/c1-8-4-6-9(7-5-8)13-10(14,11-2)12-3/h4-7H,1-3,14H3. The van der Waals surface area contributed by atoms with E-state index in [0.29, 0.717) is 10.2 Å². The van der Waals surface area contributed by atoms with Crippen molar-refractivity contribution >= 4 is 10.2 Å². The predicted octanol–water partition coefficient (Wildman–Crippen LogP) is 0.643. The van der Waals surface area contributed by atoms with Crippen LogP contribution in [0.3, 0.4) is 0 Å². The van der Waals surface area contributed by atoms with Gasteiger partial charge in [-0.3, -0.25) is 0 Å². The first kappa shape index (κ1) is 11.2. The van der Waals surface area contributed by atoms with Gasteiger partial charge in [-0.25, -0.2) is 0 Å². The van der Waals surface area contributed by atoms with E-state index in [1.807, 2.05) is 31.2 Å². The summed E-state index contributed by atoms with van der Waals surface area (Å²) in [6, 6.07) is 7.78. The van der Waals surface area contributed by atoms with Crippen LogP contribution in [0.15, 0.2) is 24.3 Å². The summed E-state index contributed by atoms with van der Waals surface area (Å²) in [6.45, 7) is 2.03. The molecular formula is C10H16O3Si. The third kappa shape index (κ3) is 2.83. The van der Waals surface area contributed by atoms with Crippen molar-refractivity contribution in [1.29, 1.82) is 0 Å². The van der Waals surface area contributed by atoms with E-state index in [1.54, 1.807) is 14.2 Å². The van der Waals surface area contributed by atoms with Crippen LogP contribution in [0, 0.1) is 6.92 Å². The monoisotopic (exact) mass is 212 g/mol. The number of rotatable bonds is 4. The molecule has 1 rings (SSSR count). The van der Waals surface area contributed by atoms with Crippen molar-refractivity contribution in [3.8, 4) is 5.75 Å². The molecule has 0 radical (unpaired) electrons. The molecule has 0 saturated heterocycles. The fraction of sp³-hybridized carbons (Fsp3) is 0.400. The first-order valence-corrected chi connectivity index (χ1v) is 5.45. The molecule has 1 aromatic carbocycles. The Labute approximate surface area is 87.4 Å². The van der Waals surface area contributed by atoms with Crippen molar-refractivity contribution in [2.45, 2.75) is 12.5 Å². The largest absolute Gasteiger partial charge is 0.444 e. The molecule has 78 valence electrons. The Morgan fingerprint density at radius 1 is 1.07 bits per heavy atom. The van der Waals surface area contributed by atoms with Gasteiger partial charge in [0.25, 0.3) is 5.60 Å². The average molecular weight is 212 g/mol. The zero-order valence-electron chi connectivity index (χ0n) is 9.03. The number of ether oxygens (including phenoxy) is 3. The molecule has 0 N–H and O–H groups in total. The highest BCUT2D eigenvalue weighted by atomic mass is 28.1. The highest BCUT2D eigenvalue weighted by molar-refractivity contribution is 6.12. The van der Waals surface area contributed by atoms with Gasteiger partial charge in [-0.2, -0.15) is 0 Å². The summed E-state index contributed by atoms with van der Waals surface area (Å²) in [5, 5.41) is 0. The van der Waals surface area contributed by atoms with Gasteiger partial charge in [0.15, 0.2) is 0 Å². The SMILES string of the molecule is COC([SiH3])(OC)Oc1ccc(C)cc1. The molecule has 0 aliphatic carbocycles. The van der Waals surface area contributed by atoms with Gasteiger partial charge in [0.05, 0.1) is 0 Å². The molecule has 0 bridgehead atoms. The third-order valence-electron chi connectivity index (χ3n) is 2.07. The van der Waals surface area contributed by atoms with Crippen molar-refractivity contribution in [2.75, 3.05) is 14.2 Å². The zero-order valence-corrected chi connectivity index (χ0v) is 11.0. The Balaban J connectivity index is 2.72. The Morgan fingerprint density at radius 3 is 2.00 bits per heavy atom. The van der Waals surface area contributed by atoms with Gasteiger partial charge >= 0.3 is 0 Å². The number of hydrogen-bond donors (Lipinski definition) is 0. The number of benzene rings is 1. The summed E-state index contributed by atoms with van der Waals surface area (Å²) in [6.07, 6.45) is 0. The van der Waals surface area contributed by atoms with Crippen molar-refractivity contribution < 1.29 is 14.2 Å². The minimum absolute atomic E-state index is 0.636. The quantitative estimate of drug-likeness (QED) is 0.541. The lowest BCUT2D eigenvalue weighted by molar-refractivity contribution is -0.259. The van der Waals surface area contributed by atoms with Crippen LogP contribution in [0.5, 0.6) is 5.75 Å². The second-order valence-electron chi connectivity index (χ2n) is 3.19. The summed E-state index contributed by atoms with van der Waals surface area (Å²) in [5.74, 6) is 0.759. The minimum atomic E-state index is -0.880. The maximum absolute atomic E-state index is 5.57. The molecule has 0 aliphatic heterocycles. The summed E-state index contributed by atoms with van der Waals surface area (Å²) in [7, 11) is 3.78. The van der Waals surface area contributed by atoms with Gasteiger partial charge in [-0.15, -0.1) is 0 Å². The van der Waals surface area contributed by atoms with E-state index in [0.717, 1.165) is 5.75 Å². The van der Waals surface area contributed by atoms with Crippen LogP contribution < -0.4 is 4.74 Å². The molecule has 1 aromatic rings. The number of aryl methyl sites for hydroxylation is 1. The Kier molecular flexibility index (Phi) is 3.68. The van der Waals surface area contributed by atoms with E-state index < -0.39 is 5.60 Å². The van der Waals surface area contributed by atoms with Crippen LogP contribution in [0.25, 0.3) is 0 Å². The van der Waals surface area contributed by atoms with Crippen LogP contribution in [-0.2, 0) is 9.47 Å². The predicted molar refractivity (Wildman–Crippen MR) is 58.5 cm³/mol. The van der Waals surface area contributed by atoms with E-state index >= 15 is 0 Å². The Hall–Kier alpha value is -0.843. The molecule has 0 fully saturated rings. The molecule has 0 atom stereocenters. The van der Waals surface area contributed by atoms with Crippen LogP contribution in [0.4, 0.5) is 0 Å².